The minimum Gasteiger partial charge on any atom is -0.399 e. The molecule has 0 aromatic heterocycles. The van der Waals surface area contributed by atoms with Crippen LogP contribution in [0.3, 0.4) is 0 Å². The number of fused-ring (bicyclic) bond motifs is 16. The molecule has 20 aromatic carbocycles. The van der Waals surface area contributed by atoms with Gasteiger partial charge in [-0.15, -0.1) is 0 Å². The minimum absolute atomic E-state index is 0.0155. The van der Waals surface area contributed by atoms with Gasteiger partial charge in [0.2, 0.25) is 0 Å². The van der Waals surface area contributed by atoms with Crippen LogP contribution in [0.4, 0.5) is 5.69 Å². The van der Waals surface area contributed by atoms with Crippen molar-refractivity contribution in [3.05, 3.63) is 327 Å². The fourth-order valence-electron chi connectivity index (χ4n) is 24.7. The Balaban J connectivity index is 0.000000104. The summed E-state index contributed by atoms with van der Waals surface area (Å²) in [7, 11) is 0. The summed E-state index contributed by atoms with van der Waals surface area (Å²) in [5, 5.41) is 33.4. The van der Waals surface area contributed by atoms with Gasteiger partial charge in [-0.05, 0) is 329 Å². The Morgan fingerprint density at radius 2 is 0.578 bits per heavy atom. The molecule has 24 rings (SSSR count). The lowest BCUT2D eigenvalue weighted by Crippen LogP contribution is -2.25. The van der Waals surface area contributed by atoms with Gasteiger partial charge >= 0.3 is 0 Å². The minimum atomic E-state index is -0.0517. The molecule has 640 valence electrons. The topological polar surface area (TPSA) is 26.0 Å². The molecule has 2 N–H and O–H groups in total. The Morgan fingerprint density at radius 3 is 1.00 bits per heavy atom. The second kappa shape index (κ2) is 28.4. The molecule has 0 atom stereocenters. The maximum absolute atomic E-state index is 6.18. The molecule has 1 heteroatoms. The zero-order valence-corrected chi connectivity index (χ0v) is 80.5. The first kappa shape index (κ1) is 83.3. The lowest BCUT2D eigenvalue weighted by Gasteiger charge is -2.33. The Bertz CT molecular complexity index is 7910. The molecule has 0 aliphatic heterocycles. The summed E-state index contributed by atoms with van der Waals surface area (Å²) < 4.78 is 0. The highest BCUT2D eigenvalue weighted by molar-refractivity contribution is 6.31. The van der Waals surface area contributed by atoms with Crippen LogP contribution in [0.1, 0.15) is 276 Å². The number of nitrogen functional groups attached to an aromatic ring is 1. The summed E-state index contributed by atoms with van der Waals surface area (Å²) in [6, 6.07) is 96.2. The van der Waals surface area contributed by atoms with Crippen molar-refractivity contribution < 1.29 is 0 Å². The molecule has 1 nitrogen and oxygen atoms in total. The maximum atomic E-state index is 6.18. The lowest BCUT2D eigenvalue weighted by atomic mass is 9.70. The molecule has 0 radical (unpaired) electrons. The van der Waals surface area contributed by atoms with Crippen LogP contribution in [0.25, 0.3) is 174 Å². The van der Waals surface area contributed by atoms with Crippen LogP contribution in [0.5, 0.6) is 0 Å². The molecule has 0 unspecified atom stereocenters. The van der Waals surface area contributed by atoms with Crippen molar-refractivity contribution in [3.8, 4) is 44.5 Å². The second-order valence-electron chi connectivity index (χ2n) is 46.0. The summed E-state index contributed by atoms with van der Waals surface area (Å²) in [5.41, 5.74) is 39.5. The highest BCUT2D eigenvalue weighted by Crippen LogP contribution is 2.62. The third-order valence-electron chi connectivity index (χ3n) is 31.4. The fraction of sp³-hybridized carbons (Fsp3) is 0.307. The van der Waals surface area contributed by atoms with E-state index in [1.54, 1.807) is 11.1 Å². The van der Waals surface area contributed by atoms with Gasteiger partial charge in [0.25, 0.3) is 0 Å². The maximum Gasteiger partial charge on any atom is 0.0317 e. The number of rotatable bonds is 6. The van der Waals surface area contributed by atoms with Crippen LogP contribution < -0.4 is 5.73 Å². The normalized spacial score (nSPS) is 15.2. The highest BCUT2D eigenvalue weighted by atomic mass is 14.6. The van der Waals surface area contributed by atoms with E-state index in [1.165, 1.54) is 279 Å². The van der Waals surface area contributed by atoms with Crippen molar-refractivity contribution in [1.82, 2.24) is 0 Å². The van der Waals surface area contributed by atoms with Crippen molar-refractivity contribution in [3.63, 3.8) is 0 Å². The number of aryl methyl sites for hydroxylation is 1. The van der Waals surface area contributed by atoms with Gasteiger partial charge in [0, 0.05) is 27.3 Å². The van der Waals surface area contributed by atoms with E-state index < -0.39 is 0 Å². The van der Waals surface area contributed by atoms with Crippen molar-refractivity contribution in [2.75, 3.05) is 5.73 Å². The number of unbranched alkanes of at least 4 members (excludes halogenated alkanes) is 2. The van der Waals surface area contributed by atoms with E-state index in [9.17, 15) is 0 Å². The molecule has 128 heavy (non-hydrogen) atoms. The van der Waals surface area contributed by atoms with E-state index in [2.05, 4.69) is 409 Å². The van der Waals surface area contributed by atoms with E-state index in [4.69, 9.17) is 5.73 Å². The summed E-state index contributed by atoms with van der Waals surface area (Å²) in [6.45, 7) is 56.0. The van der Waals surface area contributed by atoms with Crippen LogP contribution >= 0.6 is 0 Å². The van der Waals surface area contributed by atoms with E-state index in [0.29, 0.717) is 0 Å². The predicted octanol–water partition coefficient (Wildman–Crippen LogP) is 36.3. The van der Waals surface area contributed by atoms with Gasteiger partial charge in [-0.25, -0.2) is 0 Å². The fourth-order valence-corrected chi connectivity index (χ4v) is 24.7. The predicted molar refractivity (Wildman–Crippen MR) is 561 cm³/mol. The number of hydrogen-bond donors (Lipinski definition) is 1. The average molecular weight is 1670 g/mol. The van der Waals surface area contributed by atoms with Crippen LogP contribution in [-0.2, 0) is 48.7 Å². The Morgan fingerprint density at radius 1 is 0.250 bits per heavy atom. The Hall–Kier alpha value is -11.6. The third kappa shape index (κ3) is 12.3. The largest absolute Gasteiger partial charge is 0.399 e. The lowest BCUT2D eigenvalue weighted by molar-refractivity contribution is 0.415. The molecule has 0 fully saturated rings. The number of anilines is 1. The number of hydrogen-bond acceptors (Lipinski definition) is 1. The summed E-state index contributed by atoms with van der Waals surface area (Å²) in [6.07, 6.45) is 7.54. The van der Waals surface area contributed by atoms with Gasteiger partial charge in [0.1, 0.15) is 0 Å². The second-order valence-corrected chi connectivity index (χ2v) is 46.0. The van der Waals surface area contributed by atoms with Crippen LogP contribution in [0.15, 0.2) is 249 Å². The smallest absolute Gasteiger partial charge is 0.0317 e. The zero-order chi connectivity index (χ0) is 89.9. The third-order valence-corrected chi connectivity index (χ3v) is 31.4. The van der Waals surface area contributed by atoms with E-state index in [1.807, 2.05) is 6.07 Å². The van der Waals surface area contributed by atoms with Gasteiger partial charge < -0.3 is 5.73 Å². The van der Waals surface area contributed by atoms with Gasteiger partial charge in [-0.1, -0.05) is 403 Å². The molecule has 0 saturated heterocycles. The summed E-state index contributed by atoms with van der Waals surface area (Å²) in [4.78, 5) is 0. The first-order valence-electron chi connectivity index (χ1n) is 47.9. The van der Waals surface area contributed by atoms with E-state index in [0.717, 1.165) is 5.69 Å². The van der Waals surface area contributed by atoms with Crippen LogP contribution in [0.2, 0.25) is 0 Å². The zero-order valence-electron chi connectivity index (χ0n) is 80.5. The van der Waals surface area contributed by atoms with Crippen molar-refractivity contribution >= 4 is 135 Å². The van der Waals surface area contributed by atoms with Gasteiger partial charge in [-0.3, -0.25) is 0 Å². The molecule has 0 saturated carbocycles. The molecule has 0 heterocycles. The SMILES string of the molecule is CC(C)(C)c1cc2ccc3c4c(c(C(C)(C)C)c5ccc(c1)c2c35)C(C)(C)c1ccccc1-4.CC(C)(C)c1cc2ccc3cc4c(c5ccc(c1)c2c35)-c1ccc(N)cc1C4(C)C.CCCCC1(CCCC)c2ccccc2-c2c1cc1ccc3cc(C(C)(C)C)cc4ccc2c1c34.Cc1cccc2c1-c1c(cc3ccc4cc(C(C)(C)C)cc5ccc1c3c45)C2(C)C. The quantitative estimate of drug-likeness (QED) is 0.130. The molecule has 4 aliphatic rings. The first-order chi connectivity index (χ1) is 60.6. The number of benzene rings is 20. The van der Waals surface area contributed by atoms with Crippen molar-refractivity contribution in [2.24, 2.45) is 0 Å². The van der Waals surface area contributed by atoms with Gasteiger partial charge in [0.15, 0.2) is 0 Å². The van der Waals surface area contributed by atoms with Crippen LogP contribution in [-0.4, -0.2) is 0 Å². The van der Waals surface area contributed by atoms with E-state index in [-0.39, 0.29) is 48.7 Å². The van der Waals surface area contributed by atoms with Crippen molar-refractivity contribution in [2.45, 2.75) is 253 Å². The molecular weight excluding hydrogens is 1540 g/mol. The van der Waals surface area contributed by atoms with Gasteiger partial charge in [0.05, 0.1) is 0 Å². The number of nitrogens with two attached hydrogens (primary N) is 1. The molecule has 0 bridgehead atoms. The standard InChI is InChI=1S/C35H38.C33H34.C30H28.C29H27N/c1-6-8-18-35(19-9-7-2)29-13-11-10-12-27(29)33-28-17-16-24-21-26(34(3,4)5)20-23-14-15-25(22-30(33)35)32(28)31(23)24;1-31(2,3)21-17-19-13-15-23-27-24(16-14-20(18-21)26(19)27)29(32(4,5)6)30-28(23)22-11-9-10-12-25(22)33(30,7)8;1-17-8-7-9-23-25(17)28-22-13-12-19-15-21(29(2,3)4)14-18-10-11-20(27(22)26(18)19)16-24(28)30(23,5)6;1-28(2,3)19-12-16-6-7-18-14-24-27(22-10-8-17(13-19)25(16)26(18)22)21-11-9-20(30)15-23(21)29(24,4)5/h10-17,20-22H,6-9,18-19H2,1-5H3;9-18H,1-8H3;7-16H,1-6H3;6-15H,30H2,1-5H3. The molecular formula is C127H127N. The van der Waals surface area contributed by atoms with Crippen LogP contribution in [0, 0.1) is 6.92 Å². The highest BCUT2D eigenvalue weighted by Gasteiger charge is 2.46. The molecule has 0 spiro atoms. The monoisotopic (exact) mass is 1670 g/mol. The van der Waals surface area contributed by atoms with Gasteiger partial charge in [-0.2, -0.15) is 0 Å². The Kier molecular flexibility index (Phi) is 18.5. The molecule has 20 aromatic rings. The molecule has 0 amide bonds. The summed E-state index contributed by atoms with van der Waals surface area (Å²) in [5.74, 6) is 0. The first-order valence-corrected chi connectivity index (χ1v) is 47.9. The average Bonchev–Trinajstić information content (AvgIpc) is 1.44. The Labute approximate surface area is 759 Å². The summed E-state index contributed by atoms with van der Waals surface area (Å²) >= 11 is 0. The van der Waals surface area contributed by atoms with E-state index >= 15 is 0 Å². The molecule has 4 aliphatic carbocycles. The van der Waals surface area contributed by atoms with Crippen molar-refractivity contribution in [1.29, 1.82) is 0 Å².